The highest BCUT2D eigenvalue weighted by molar-refractivity contribution is 14.1. The number of benzene rings is 1. The van der Waals surface area contributed by atoms with E-state index < -0.39 is 16.5 Å². The molecule has 2 atom stereocenters. The van der Waals surface area contributed by atoms with Gasteiger partial charge in [0, 0.05) is 10.5 Å². The summed E-state index contributed by atoms with van der Waals surface area (Å²) in [5, 5.41) is -0.756. The Morgan fingerprint density at radius 3 is 2.50 bits per heavy atom. The van der Waals surface area contributed by atoms with Crippen LogP contribution in [0, 0.1) is 3.57 Å². The molecule has 0 aromatic heterocycles. The highest BCUT2D eigenvalue weighted by atomic mass is 127. The summed E-state index contributed by atoms with van der Waals surface area (Å²) in [6.07, 6.45) is 0. The Morgan fingerprint density at radius 2 is 2.06 bits per heavy atom. The van der Waals surface area contributed by atoms with Crippen LogP contribution in [-0.4, -0.2) is 20.0 Å². The zero-order chi connectivity index (χ0) is 12.3. The van der Waals surface area contributed by atoms with Crippen molar-refractivity contribution in [2.75, 3.05) is 4.90 Å². The molecule has 0 heterocycles. The van der Waals surface area contributed by atoms with E-state index in [4.69, 9.17) is 4.55 Å². The Hall–Kier alpha value is -0.470. The predicted octanol–water partition coefficient (Wildman–Crippen LogP) is 2.21. The molecular formula is C10H12INO3S. The van der Waals surface area contributed by atoms with E-state index in [-0.39, 0.29) is 5.91 Å². The van der Waals surface area contributed by atoms with Gasteiger partial charge in [0.2, 0.25) is 5.91 Å². The van der Waals surface area contributed by atoms with E-state index in [1.165, 1.54) is 11.8 Å². The van der Waals surface area contributed by atoms with Gasteiger partial charge in [0.15, 0.2) is 11.1 Å². The van der Waals surface area contributed by atoms with Crippen molar-refractivity contribution in [2.24, 2.45) is 0 Å². The first-order valence-electron chi connectivity index (χ1n) is 4.59. The van der Waals surface area contributed by atoms with Crippen LogP contribution in [0.5, 0.6) is 0 Å². The first kappa shape index (κ1) is 13.6. The summed E-state index contributed by atoms with van der Waals surface area (Å²) in [6.45, 7) is 2.92. The Balaban J connectivity index is 3.18. The molecule has 1 aromatic rings. The maximum Gasteiger partial charge on any atom is 0.225 e. The van der Waals surface area contributed by atoms with Crippen LogP contribution in [0.4, 0.5) is 5.69 Å². The van der Waals surface area contributed by atoms with Crippen molar-refractivity contribution >= 4 is 45.3 Å². The van der Waals surface area contributed by atoms with Gasteiger partial charge in [-0.2, -0.15) is 0 Å². The molecule has 1 amide bonds. The van der Waals surface area contributed by atoms with Crippen LogP contribution >= 0.6 is 22.6 Å². The number of anilines is 1. The van der Waals surface area contributed by atoms with Crippen molar-refractivity contribution in [3.8, 4) is 0 Å². The molecule has 0 fully saturated rings. The van der Waals surface area contributed by atoms with Crippen molar-refractivity contribution in [3.05, 3.63) is 27.8 Å². The monoisotopic (exact) mass is 353 g/mol. The quantitative estimate of drug-likeness (QED) is 0.670. The second kappa shape index (κ2) is 5.74. The van der Waals surface area contributed by atoms with Crippen molar-refractivity contribution in [1.29, 1.82) is 0 Å². The SMILES string of the molecule is CC(=O)N(c1ccccc1I)C(C)S(=O)O. The fraction of sp³-hybridized carbons (Fsp3) is 0.300. The Bertz CT molecular complexity index is 424. The van der Waals surface area contributed by atoms with Crippen LogP contribution in [-0.2, 0) is 15.9 Å². The van der Waals surface area contributed by atoms with E-state index in [2.05, 4.69) is 22.6 Å². The van der Waals surface area contributed by atoms with Gasteiger partial charge in [-0.15, -0.1) is 0 Å². The molecule has 0 saturated heterocycles. The predicted molar refractivity (Wildman–Crippen MR) is 72.6 cm³/mol. The van der Waals surface area contributed by atoms with Gasteiger partial charge in [-0.05, 0) is 41.6 Å². The van der Waals surface area contributed by atoms with Crippen LogP contribution in [0.1, 0.15) is 13.8 Å². The second-order valence-electron chi connectivity index (χ2n) is 3.22. The van der Waals surface area contributed by atoms with E-state index in [1.54, 1.807) is 19.1 Å². The van der Waals surface area contributed by atoms with Gasteiger partial charge in [0.1, 0.15) is 5.37 Å². The normalized spacial score (nSPS) is 14.2. The van der Waals surface area contributed by atoms with Gasteiger partial charge < -0.3 is 4.55 Å². The number of nitrogens with zero attached hydrogens (tertiary/aromatic N) is 1. The molecular weight excluding hydrogens is 341 g/mol. The molecule has 1 aromatic carbocycles. The number of para-hydroxylation sites is 1. The summed E-state index contributed by atoms with van der Waals surface area (Å²) >= 11 is 0.0232. The maximum absolute atomic E-state index is 11.5. The minimum absolute atomic E-state index is 0.251. The molecule has 4 nitrogen and oxygen atoms in total. The summed E-state index contributed by atoms with van der Waals surface area (Å²) in [4.78, 5) is 12.9. The zero-order valence-corrected chi connectivity index (χ0v) is 11.9. The van der Waals surface area contributed by atoms with Gasteiger partial charge in [0.05, 0.1) is 5.69 Å². The topological polar surface area (TPSA) is 57.6 Å². The third-order valence-electron chi connectivity index (χ3n) is 2.11. The molecule has 0 aliphatic heterocycles. The number of halogens is 1. The first-order valence-corrected chi connectivity index (χ1v) is 6.84. The molecule has 1 rings (SSSR count). The second-order valence-corrected chi connectivity index (χ2v) is 5.61. The molecule has 0 radical (unpaired) electrons. The van der Waals surface area contributed by atoms with E-state index in [9.17, 15) is 9.00 Å². The van der Waals surface area contributed by atoms with E-state index in [0.717, 1.165) is 3.57 Å². The highest BCUT2D eigenvalue weighted by Gasteiger charge is 2.24. The summed E-state index contributed by atoms with van der Waals surface area (Å²) in [5.74, 6) is -0.251. The van der Waals surface area contributed by atoms with Crippen molar-refractivity contribution < 1.29 is 13.6 Å². The van der Waals surface area contributed by atoms with E-state index >= 15 is 0 Å². The number of hydrogen-bond donors (Lipinski definition) is 1. The zero-order valence-electron chi connectivity index (χ0n) is 8.88. The van der Waals surface area contributed by atoms with E-state index in [1.807, 2.05) is 12.1 Å². The minimum atomic E-state index is -2.07. The number of rotatable bonds is 3. The van der Waals surface area contributed by atoms with Gasteiger partial charge in [0.25, 0.3) is 0 Å². The third kappa shape index (κ3) is 3.02. The van der Waals surface area contributed by atoms with Gasteiger partial charge >= 0.3 is 0 Å². The standard InChI is InChI=1S/C10H12INO3S/c1-7(13)12(8(2)16(14)15)10-6-4-3-5-9(10)11/h3-6,8H,1-2H3,(H,14,15). The van der Waals surface area contributed by atoms with Crippen LogP contribution in [0.25, 0.3) is 0 Å². The smallest absolute Gasteiger partial charge is 0.225 e. The Labute approximate surface area is 110 Å². The summed E-state index contributed by atoms with van der Waals surface area (Å²) in [5.41, 5.74) is 0.658. The Morgan fingerprint density at radius 1 is 1.50 bits per heavy atom. The van der Waals surface area contributed by atoms with Crippen molar-refractivity contribution in [3.63, 3.8) is 0 Å². The molecule has 2 unspecified atom stereocenters. The molecule has 0 aliphatic carbocycles. The lowest BCUT2D eigenvalue weighted by Crippen LogP contribution is -2.40. The molecule has 0 spiro atoms. The highest BCUT2D eigenvalue weighted by Crippen LogP contribution is 2.24. The molecule has 88 valence electrons. The van der Waals surface area contributed by atoms with Crippen LogP contribution in [0.15, 0.2) is 24.3 Å². The van der Waals surface area contributed by atoms with Gasteiger partial charge in [-0.3, -0.25) is 9.69 Å². The fourth-order valence-corrected chi connectivity index (χ4v) is 2.45. The molecule has 0 bridgehead atoms. The first-order chi connectivity index (χ1) is 7.45. The maximum atomic E-state index is 11.5. The lowest BCUT2D eigenvalue weighted by atomic mass is 10.3. The molecule has 0 saturated carbocycles. The van der Waals surface area contributed by atoms with E-state index in [0.29, 0.717) is 5.69 Å². The summed E-state index contributed by atoms with van der Waals surface area (Å²) < 4.78 is 21.0. The van der Waals surface area contributed by atoms with Gasteiger partial charge in [-0.1, -0.05) is 12.1 Å². The molecule has 1 N–H and O–H groups in total. The lowest BCUT2D eigenvalue weighted by molar-refractivity contribution is -0.116. The number of hydrogen-bond acceptors (Lipinski definition) is 2. The average Bonchev–Trinajstić information content (AvgIpc) is 2.20. The van der Waals surface area contributed by atoms with Crippen molar-refractivity contribution in [1.82, 2.24) is 0 Å². The fourth-order valence-electron chi connectivity index (χ4n) is 1.36. The van der Waals surface area contributed by atoms with Crippen molar-refractivity contribution in [2.45, 2.75) is 19.2 Å². The Kier molecular flexibility index (Phi) is 4.88. The molecule has 0 aliphatic rings. The minimum Gasteiger partial charge on any atom is -0.304 e. The summed E-state index contributed by atoms with van der Waals surface area (Å²) in [7, 11) is 0. The van der Waals surface area contributed by atoms with Crippen LogP contribution in [0.2, 0.25) is 0 Å². The van der Waals surface area contributed by atoms with Gasteiger partial charge in [-0.25, -0.2) is 4.21 Å². The average molecular weight is 353 g/mol. The van der Waals surface area contributed by atoms with Crippen LogP contribution < -0.4 is 4.90 Å². The summed E-state index contributed by atoms with van der Waals surface area (Å²) in [6, 6.07) is 7.25. The largest absolute Gasteiger partial charge is 0.304 e. The number of carbonyl (C=O) groups is 1. The van der Waals surface area contributed by atoms with Crippen LogP contribution in [0.3, 0.4) is 0 Å². The number of amides is 1. The third-order valence-corrected chi connectivity index (χ3v) is 3.81. The molecule has 16 heavy (non-hydrogen) atoms. The molecule has 6 heteroatoms. The number of carbonyl (C=O) groups excluding carboxylic acids is 1. The lowest BCUT2D eigenvalue weighted by Gasteiger charge is -2.26.